The van der Waals surface area contributed by atoms with Gasteiger partial charge in [-0.05, 0) is 18.3 Å². The monoisotopic (exact) mass is 144 g/mol. The Morgan fingerprint density at radius 1 is 1.89 bits per heavy atom. The van der Waals surface area contributed by atoms with E-state index in [0.717, 1.165) is 11.3 Å². The predicted molar refractivity (Wildman–Crippen MR) is 33.5 cm³/mol. The van der Waals surface area contributed by atoms with Gasteiger partial charge in [0.25, 0.3) is 0 Å². The van der Waals surface area contributed by atoms with Crippen molar-refractivity contribution in [1.82, 2.24) is 4.98 Å². The molecule has 1 heterocycles. The Balaban J connectivity index is 3.08. The van der Waals surface area contributed by atoms with E-state index in [1.54, 1.807) is 6.92 Å². The standard InChI is InChI=1S/C4H4N2O2S/c1-3-4(6(7)8)9-2-5-3/h2H,1H3. The zero-order valence-electron chi connectivity index (χ0n) is 4.70. The zero-order valence-corrected chi connectivity index (χ0v) is 5.51. The average Bonchev–Trinajstić information content (AvgIpc) is 2.13. The fraction of sp³-hybridized carbons (Fsp3) is 0.250. The Morgan fingerprint density at radius 2 is 2.56 bits per heavy atom. The molecule has 0 aromatic carbocycles. The minimum absolute atomic E-state index is 0.134. The van der Waals surface area contributed by atoms with E-state index in [0.29, 0.717) is 5.69 Å². The predicted octanol–water partition coefficient (Wildman–Crippen LogP) is 1.36. The van der Waals surface area contributed by atoms with Gasteiger partial charge < -0.3 is 0 Å². The van der Waals surface area contributed by atoms with Crippen LogP contribution in [0.1, 0.15) is 5.69 Å². The average molecular weight is 144 g/mol. The molecule has 0 aliphatic carbocycles. The third-order valence-electron chi connectivity index (χ3n) is 0.886. The fourth-order valence-electron chi connectivity index (χ4n) is 0.471. The summed E-state index contributed by atoms with van der Waals surface area (Å²) in [4.78, 5) is 13.3. The first-order valence-electron chi connectivity index (χ1n) is 2.26. The molecular weight excluding hydrogens is 140 g/mol. The molecular formula is C4H4N2O2S. The van der Waals surface area contributed by atoms with Crippen LogP contribution in [0.4, 0.5) is 5.00 Å². The maximum absolute atomic E-state index is 10.1. The largest absolute Gasteiger partial charge is 0.346 e. The number of thiazole rings is 1. The van der Waals surface area contributed by atoms with E-state index in [1.807, 2.05) is 0 Å². The molecule has 0 saturated heterocycles. The van der Waals surface area contributed by atoms with E-state index in [1.165, 1.54) is 5.51 Å². The third-order valence-corrected chi connectivity index (χ3v) is 1.76. The number of aromatic nitrogens is 1. The number of hydrogen-bond donors (Lipinski definition) is 0. The van der Waals surface area contributed by atoms with Gasteiger partial charge in [0, 0.05) is 0 Å². The van der Waals surface area contributed by atoms with Gasteiger partial charge in [-0.25, -0.2) is 4.98 Å². The van der Waals surface area contributed by atoms with Crippen molar-refractivity contribution in [3.63, 3.8) is 0 Å². The quantitative estimate of drug-likeness (QED) is 0.441. The number of nitrogens with zero attached hydrogens (tertiary/aromatic N) is 2. The molecule has 48 valence electrons. The van der Waals surface area contributed by atoms with Gasteiger partial charge in [0.2, 0.25) is 0 Å². The highest BCUT2D eigenvalue weighted by molar-refractivity contribution is 7.13. The summed E-state index contributed by atoms with van der Waals surface area (Å²) in [6.45, 7) is 1.62. The highest BCUT2D eigenvalue weighted by Gasteiger charge is 2.11. The number of aryl methyl sites for hydroxylation is 1. The Labute approximate surface area is 55.3 Å². The van der Waals surface area contributed by atoms with Gasteiger partial charge in [-0.1, -0.05) is 0 Å². The van der Waals surface area contributed by atoms with Crippen LogP contribution in [0.25, 0.3) is 0 Å². The Bertz CT molecular complexity index is 232. The van der Waals surface area contributed by atoms with Crippen LogP contribution in [0.2, 0.25) is 0 Å². The summed E-state index contributed by atoms with van der Waals surface area (Å²) < 4.78 is 0. The van der Waals surface area contributed by atoms with Crippen LogP contribution in [-0.4, -0.2) is 9.91 Å². The minimum atomic E-state index is -0.424. The van der Waals surface area contributed by atoms with Crippen LogP contribution >= 0.6 is 11.3 Å². The summed E-state index contributed by atoms with van der Waals surface area (Å²) >= 11 is 1.05. The molecule has 1 aromatic rings. The van der Waals surface area contributed by atoms with Gasteiger partial charge >= 0.3 is 5.00 Å². The smallest absolute Gasteiger partial charge is 0.257 e. The van der Waals surface area contributed by atoms with E-state index >= 15 is 0 Å². The van der Waals surface area contributed by atoms with E-state index in [4.69, 9.17) is 0 Å². The second-order valence-corrected chi connectivity index (χ2v) is 2.33. The van der Waals surface area contributed by atoms with Gasteiger partial charge in [0.05, 0.1) is 10.4 Å². The van der Waals surface area contributed by atoms with Crippen molar-refractivity contribution in [2.45, 2.75) is 6.92 Å². The third kappa shape index (κ3) is 1.05. The van der Waals surface area contributed by atoms with E-state index in [2.05, 4.69) is 4.98 Å². The topological polar surface area (TPSA) is 56.0 Å². The Morgan fingerprint density at radius 3 is 2.78 bits per heavy atom. The highest BCUT2D eigenvalue weighted by Crippen LogP contribution is 2.20. The van der Waals surface area contributed by atoms with Gasteiger partial charge in [-0.3, -0.25) is 10.1 Å². The minimum Gasteiger partial charge on any atom is -0.257 e. The van der Waals surface area contributed by atoms with Crippen molar-refractivity contribution >= 4 is 16.3 Å². The SMILES string of the molecule is Cc1ncsc1[N+](=O)[O-]. The number of hydrogen-bond acceptors (Lipinski definition) is 4. The lowest BCUT2D eigenvalue weighted by atomic mass is 10.5. The van der Waals surface area contributed by atoms with Gasteiger partial charge in [0.15, 0.2) is 0 Å². The van der Waals surface area contributed by atoms with Crippen molar-refractivity contribution in [1.29, 1.82) is 0 Å². The van der Waals surface area contributed by atoms with Crippen molar-refractivity contribution in [2.24, 2.45) is 0 Å². The van der Waals surface area contributed by atoms with Crippen LogP contribution in [0.3, 0.4) is 0 Å². The summed E-state index contributed by atoms with van der Waals surface area (Å²) in [6, 6.07) is 0. The maximum Gasteiger partial charge on any atom is 0.346 e. The van der Waals surface area contributed by atoms with Crippen LogP contribution in [0, 0.1) is 17.0 Å². The summed E-state index contributed by atoms with van der Waals surface area (Å²) in [6.07, 6.45) is 0. The summed E-state index contributed by atoms with van der Waals surface area (Å²) in [5.41, 5.74) is 1.96. The Kier molecular flexibility index (Phi) is 1.44. The lowest BCUT2D eigenvalue weighted by Gasteiger charge is -1.81. The summed E-state index contributed by atoms with van der Waals surface area (Å²) in [5.74, 6) is 0. The lowest BCUT2D eigenvalue weighted by molar-refractivity contribution is -0.380. The van der Waals surface area contributed by atoms with Gasteiger partial charge in [0.1, 0.15) is 5.69 Å². The zero-order chi connectivity index (χ0) is 6.85. The van der Waals surface area contributed by atoms with Crippen molar-refractivity contribution in [2.75, 3.05) is 0 Å². The molecule has 0 N–H and O–H groups in total. The van der Waals surface area contributed by atoms with Crippen LogP contribution in [0.15, 0.2) is 5.51 Å². The molecule has 1 aromatic heterocycles. The molecule has 0 bridgehead atoms. The molecule has 1 rings (SSSR count). The Hall–Kier alpha value is -0.970. The molecule has 0 spiro atoms. The number of nitro groups is 1. The normalized spacial score (nSPS) is 9.44. The second kappa shape index (κ2) is 2.10. The highest BCUT2D eigenvalue weighted by atomic mass is 32.1. The number of rotatable bonds is 1. The molecule has 4 nitrogen and oxygen atoms in total. The molecule has 0 unspecified atom stereocenters. The maximum atomic E-state index is 10.1. The van der Waals surface area contributed by atoms with E-state index < -0.39 is 4.92 Å². The molecule has 0 aliphatic rings. The van der Waals surface area contributed by atoms with E-state index in [9.17, 15) is 10.1 Å². The van der Waals surface area contributed by atoms with Crippen LogP contribution in [0.5, 0.6) is 0 Å². The fourth-order valence-corrected chi connectivity index (χ4v) is 1.09. The molecule has 9 heavy (non-hydrogen) atoms. The molecule has 0 fully saturated rings. The first kappa shape index (κ1) is 6.15. The summed E-state index contributed by atoms with van der Waals surface area (Å²) in [5, 5.41) is 10.2. The van der Waals surface area contributed by atoms with Gasteiger partial charge in [-0.15, -0.1) is 0 Å². The van der Waals surface area contributed by atoms with Crippen molar-refractivity contribution in [3.8, 4) is 0 Å². The lowest BCUT2D eigenvalue weighted by Crippen LogP contribution is -1.85. The molecule has 0 aliphatic heterocycles. The van der Waals surface area contributed by atoms with Crippen LogP contribution < -0.4 is 0 Å². The summed E-state index contributed by atoms with van der Waals surface area (Å²) in [7, 11) is 0. The first-order valence-corrected chi connectivity index (χ1v) is 3.14. The second-order valence-electron chi connectivity index (χ2n) is 1.50. The van der Waals surface area contributed by atoms with Crippen LogP contribution in [-0.2, 0) is 0 Å². The molecule has 0 radical (unpaired) electrons. The van der Waals surface area contributed by atoms with Crippen molar-refractivity contribution in [3.05, 3.63) is 21.3 Å². The molecule has 0 saturated carbocycles. The van der Waals surface area contributed by atoms with Crippen molar-refractivity contribution < 1.29 is 4.92 Å². The molecule has 0 amide bonds. The first-order chi connectivity index (χ1) is 4.22. The molecule has 0 atom stereocenters. The van der Waals surface area contributed by atoms with Gasteiger partial charge in [-0.2, -0.15) is 0 Å². The molecule has 5 heteroatoms. The van der Waals surface area contributed by atoms with E-state index in [-0.39, 0.29) is 5.00 Å².